The lowest BCUT2D eigenvalue weighted by molar-refractivity contribution is -0.140. The maximum atomic E-state index is 11.0. The molecule has 0 radical (unpaired) electrons. The Bertz CT molecular complexity index is 210. The van der Waals surface area contributed by atoms with Gasteiger partial charge in [0.25, 0.3) is 0 Å². The zero-order valence-electron chi connectivity index (χ0n) is 10.9. The van der Waals surface area contributed by atoms with Crippen molar-refractivity contribution in [1.82, 2.24) is 4.90 Å². The van der Waals surface area contributed by atoms with Crippen LogP contribution in [-0.2, 0) is 9.53 Å². The predicted octanol–water partition coefficient (Wildman–Crippen LogP) is 2.45. The fourth-order valence-corrected chi connectivity index (χ4v) is 2.44. The summed E-state index contributed by atoms with van der Waals surface area (Å²) in [7, 11) is 3.63. The molecule has 1 aliphatic carbocycles. The van der Waals surface area contributed by atoms with Crippen molar-refractivity contribution in [3.8, 4) is 0 Å². The van der Waals surface area contributed by atoms with Gasteiger partial charge in [0.05, 0.1) is 7.11 Å². The Morgan fingerprint density at radius 3 is 2.50 bits per heavy atom. The number of hydrogen-bond acceptors (Lipinski definition) is 3. The van der Waals surface area contributed by atoms with Gasteiger partial charge in [-0.15, -0.1) is 0 Å². The standard InChI is InChI=1S/C13H25NO2/c1-11-6-8-12(9-7-11)14(2)10-4-5-13(15)16-3/h11-12H,4-10H2,1-3H3. The lowest BCUT2D eigenvalue weighted by atomic mass is 9.87. The lowest BCUT2D eigenvalue weighted by Gasteiger charge is -2.33. The molecule has 1 rings (SSSR count). The third kappa shape index (κ3) is 4.52. The molecule has 94 valence electrons. The molecule has 1 fully saturated rings. The van der Waals surface area contributed by atoms with Crippen molar-refractivity contribution in [2.24, 2.45) is 5.92 Å². The van der Waals surface area contributed by atoms with Gasteiger partial charge in [-0.1, -0.05) is 6.92 Å². The molecule has 0 saturated heterocycles. The van der Waals surface area contributed by atoms with Crippen LogP contribution in [0.25, 0.3) is 0 Å². The van der Waals surface area contributed by atoms with Crippen LogP contribution in [0.2, 0.25) is 0 Å². The lowest BCUT2D eigenvalue weighted by Crippen LogP contribution is -2.35. The molecular weight excluding hydrogens is 202 g/mol. The Kier molecular flexibility index (Phi) is 5.81. The largest absolute Gasteiger partial charge is 0.469 e. The molecule has 0 N–H and O–H groups in total. The van der Waals surface area contributed by atoms with Crippen LogP contribution in [-0.4, -0.2) is 37.6 Å². The van der Waals surface area contributed by atoms with E-state index in [4.69, 9.17) is 0 Å². The molecule has 0 bridgehead atoms. The van der Waals surface area contributed by atoms with E-state index in [0.29, 0.717) is 6.42 Å². The summed E-state index contributed by atoms with van der Waals surface area (Å²) in [5, 5.41) is 0. The van der Waals surface area contributed by atoms with Gasteiger partial charge in [-0.3, -0.25) is 4.79 Å². The van der Waals surface area contributed by atoms with Gasteiger partial charge in [-0.25, -0.2) is 0 Å². The molecule has 0 aromatic heterocycles. The van der Waals surface area contributed by atoms with Gasteiger partial charge >= 0.3 is 5.97 Å². The fraction of sp³-hybridized carbons (Fsp3) is 0.923. The number of methoxy groups -OCH3 is 1. The quantitative estimate of drug-likeness (QED) is 0.676. The predicted molar refractivity (Wildman–Crippen MR) is 65.3 cm³/mol. The average molecular weight is 227 g/mol. The molecule has 3 heteroatoms. The monoisotopic (exact) mass is 227 g/mol. The van der Waals surface area contributed by atoms with Gasteiger partial charge in [0.15, 0.2) is 0 Å². The number of carbonyl (C=O) groups excluding carboxylic acids is 1. The number of carbonyl (C=O) groups is 1. The highest BCUT2D eigenvalue weighted by Gasteiger charge is 2.21. The van der Waals surface area contributed by atoms with Crippen LogP contribution in [0.5, 0.6) is 0 Å². The Morgan fingerprint density at radius 2 is 1.94 bits per heavy atom. The first kappa shape index (κ1) is 13.5. The molecule has 1 saturated carbocycles. The Morgan fingerprint density at radius 1 is 1.31 bits per heavy atom. The van der Waals surface area contributed by atoms with E-state index >= 15 is 0 Å². The molecule has 0 unspecified atom stereocenters. The van der Waals surface area contributed by atoms with Crippen LogP contribution < -0.4 is 0 Å². The van der Waals surface area contributed by atoms with E-state index in [-0.39, 0.29) is 5.97 Å². The van der Waals surface area contributed by atoms with Crippen LogP contribution in [0, 0.1) is 5.92 Å². The zero-order valence-corrected chi connectivity index (χ0v) is 10.9. The molecule has 0 aromatic rings. The van der Waals surface area contributed by atoms with Gasteiger partial charge in [-0.2, -0.15) is 0 Å². The highest BCUT2D eigenvalue weighted by Crippen LogP contribution is 2.26. The smallest absolute Gasteiger partial charge is 0.305 e. The SMILES string of the molecule is COC(=O)CCCN(C)C1CCC(C)CC1. The van der Waals surface area contributed by atoms with Crippen molar-refractivity contribution in [2.45, 2.75) is 51.5 Å². The molecule has 16 heavy (non-hydrogen) atoms. The van der Waals surface area contributed by atoms with Crippen LogP contribution in [0.15, 0.2) is 0 Å². The van der Waals surface area contributed by atoms with E-state index in [2.05, 4.69) is 23.6 Å². The minimum Gasteiger partial charge on any atom is -0.469 e. The van der Waals surface area contributed by atoms with E-state index < -0.39 is 0 Å². The van der Waals surface area contributed by atoms with Crippen LogP contribution in [0.3, 0.4) is 0 Å². The van der Waals surface area contributed by atoms with Gasteiger partial charge in [0, 0.05) is 12.5 Å². The van der Waals surface area contributed by atoms with Crippen molar-refractivity contribution in [3.05, 3.63) is 0 Å². The van der Waals surface area contributed by atoms with E-state index in [1.54, 1.807) is 0 Å². The topological polar surface area (TPSA) is 29.5 Å². The van der Waals surface area contributed by atoms with Crippen LogP contribution in [0.4, 0.5) is 0 Å². The van der Waals surface area contributed by atoms with E-state index in [1.165, 1.54) is 32.8 Å². The molecule has 3 nitrogen and oxygen atoms in total. The first-order valence-corrected chi connectivity index (χ1v) is 6.40. The molecule has 0 aromatic carbocycles. The summed E-state index contributed by atoms with van der Waals surface area (Å²) in [5.74, 6) is 0.811. The Hall–Kier alpha value is -0.570. The number of esters is 1. The summed E-state index contributed by atoms with van der Waals surface area (Å²) in [6, 6.07) is 0.730. The van der Waals surface area contributed by atoms with Gasteiger partial charge in [0.2, 0.25) is 0 Å². The van der Waals surface area contributed by atoms with Crippen molar-refractivity contribution in [3.63, 3.8) is 0 Å². The summed E-state index contributed by atoms with van der Waals surface area (Å²) in [4.78, 5) is 13.4. The van der Waals surface area contributed by atoms with Crippen molar-refractivity contribution in [1.29, 1.82) is 0 Å². The number of rotatable bonds is 5. The third-order valence-electron chi connectivity index (χ3n) is 3.73. The van der Waals surface area contributed by atoms with Gasteiger partial charge in [0.1, 0.15) is 0 Å². The third-order valence-corrected chi connectivity index (χ3v) is 3.73. The maximum Gasteiger partial charge on any atom is 0.305 e. The maximum absolute atomic E-state index is 11.0. The normalized spacial score (nSPS) is 25.8. The van der Waals surface area contributed by atoms with Crippen LogP contribution in [0.1, 0.15) is 45.4 Å². The van der Waals surface area contributed by atoms with Crippen molar-refractivity contribution < 1.29 is 9.53 Å². The highest BCUT2D eigenvalue weighted by atomic mass is 16.5. The molecule has 0 atom stereocenters. The first-order valence-electron chi connectivity index (χ1n) is 6.40. The molecule has 0 amide bonds. The second-order valence-corrected chi connectivity index (χ2v) is 5.07. The number of ether oxygens (including phenoxy) is 1. The molecule has 1 aliphatic rings. The Balaban J connectivity index is 2.14. The number of hydrogen-bond donors (Lipinski definition) is 0. The average Bonchev–Trinajstić information content (AvgIpc) is 2.29. The summed E-state index contributed by atoms with van der Waals surface area (Å²) in [5.41, 5.74) is 0. The minimum atomic E-state index is -0.0920. The van der Waals surface area contributed by atoms with E-state index in [0.717, 1.165) is 24.9 Å². The second kappa shape index (κ2) is 6.89. The van der Waals surface area contributed by atoms with Crippen molar-refractivity contribution in [2.75, 3.05) is 20.7 Å². The van der Waals surface area contributed by atoms with E-state index in [1.807, 2.05) is 0 Å². The molecule has 0 spiro atoms. The fourth-order valence-electron chi connectivity index (χ4n) is 2.44. The minimum absolute atomic E-state index is 0.0920. The molecule has 0 aliphatic heterocycles. The highest BCUT2D eigenvalue weighted by molar-refractivity contribution is 5.69. The number of nitrogens with zero attached hydrogens (tertiary/aromatic N) is 1. The van der Waals surface area contributed by atoms with Gasteiger partial charge < -0.3 is 9.64 Å². The van der Waals surface area contributed by atoms with E-state index in [9.17, 15) is 4.79 Å². The van der Waals surface area contributed by atoms with Crippen LogP contribution >= 0.6 is 0 Å². The molecular formula is C13H25NO2. The summed E-state index contributed by atoms with van der Waals surface area (Å²) >= 11 is 0. The Labute approximate surface area is 99.1 Å². The zero-order chi connectivity index (χ0) is 12.0. The summed E-state index contributed by atoms with van der Waals surface area (Å²) < 4.78 is 4.63. The first-order chi connectivity index (χ1) is 7.63. The van der Waals surface area contributed by atoms with Crippen molar-refractivity contribution >= 4 is 5.97 Å². The van der Waals surface area contributed by atoms with Gasteiger partial charge in [-0.05, 0) is 51.6 Å². The second-order valence-electron chi connectivity index (χ2n) is 5.07. The summed E-state index contributed by atoms with van der Waals surface area (Å²) in [6.07, 6.45) is 6.79. The molecule has 0 heterocycles. The summed E-state index contributed by atoms with van der Waals surface area (Å²) in [6.45, 7) is 3.35.